The van der Waals surface area contributed by atoms with E-state index in [0.29, 0.717) is 17.1 Å². The molecule has 32 heavy (non-hydrogen) atoms. The zero-order valence-corrected chi connectivity index (χ0v) is 19.0. The van der Waals surface area contributed by atoms with Crippen molar-refractivity contribution in [3.8, 4) is 22.9 Å². The van der Waals surface area contributed by atoms with Crippen molar-refractivity contribution in [2.75, 3.05) is 19.5 Å². The van der Waals surface area contributed by atoms with E-state index in [9.17, 15) is 4.79 Å². The van der Waals surface area contributed by atoms with Crippen molar-refractivity contribution in [2.24, 2.45) is 0 Å². The van der Waals surface area contributed by atoms with Gasteiger partial charge in [-0.2, -0.15) is 0 Å². The lowest BCUT2D eigenvalue weighted by Crippen LogP contribution is -2.34. The van der Waals surface area contributed by atoms with Crippen LogP contribution < -0.4 is 20.1 Å². The van der Waals surface area contributed by atoms with Crippen LogP contribution in [0.15, 0.2) is 66.7 Å². The van der Waals surface area contributed by atoms with Crippen molar-refractivity contribution < 1.29 is 14.3 Å². The first-order valence-electron chi connectivity index (χ1n) is 9.47. The summed E-state index contributed by atoms with van der Waals surface area (Å²) in [7, 11) is 3.05. The van der Waals surface area contributed by atoms with Crippen molar-refractivity contribution in [3.05, 3.63) is 72.3 Å². The van der Waals surface area contributed by atoms with Gasteiger partial charge in [-0.15, -0.1) is 12.4 Å². The summed E-state index contributed by atoms with van der Waals surface area (Å²) in [5, 5.41) is 5.87. The molecule has 0 bridgehead atoms. The summed E-state index contributed by atoms with van der Waals surface area (Å²) in [6.07, 6.45) is 0. The Morgan fingerprint density at radius 3 is 2.38 bits per heavy atom. The molecule has 3 N–H and O–H groups in total. The molecule has 0 aliphatic carbocycles. The predicted octanol–water partition coefficient (Wildman–Crippen LogP) is 4.80. The fraction of sp³-hybridized carbons (Fsp3) is 0.0870. The van der Waals surface area contributed by atoms with Crippen LogP contribution in [0.5, 0.6) is 11.5 Å². The first-order valence-corrected chi connectivity index (χ1v) is 9.88. The summed E-state index contributed by atoms with van der Waals surface area (Å²) < 4.78 is 10.4. The molecule has 0 aliphatic heterocycles. The molecule has 0 radical (unpaired) electrons. The third-order valence-corrected chi connectivity index (χ3v) is 4.88. The summed E-state index contributed by atoms with van der Waals surface area (Å²) >= 11 is 5.27. The van der Waals surface area contributed by atoms with E-state index in [-0.39, 0.29) is 23.4 Å². The fourth-order valence-corrected chi connectivity index (χ4v) is 3.33. The largest absolute Gasteiger partial charge is 0.493 e. The van der Waals surface area contributed by atoms with Gasteiger partial charge in [0.05, 0.1) is 25.3 Å². The number of fused-ring (bicyclic) bond motifs is 1. The van der Waals surface area contributed by atoms with Crippen LogP contribution in [-0.4, -0.2) is 35.2 Å². The Balaban J connectivity index is 0.00000289. The summed E-state index contributed by atoms with van der Waals surface area (Å²) in [5.74, 6) is 1.45. The van der Waals surface area contributed by atoms with Gasteiger partial charge in [0.2, 0.25) is 0 Å². The molecule has 164 valence electrons. The summed E-state index contributed by atoms with van der Waals surface area (Å²) in [4.78, 5) is 20.4. The van der Waals surface area contributed by atoms with Gasteiger partial charge in [0, 0.05) is 16.8 Å². The van der Waals surface area contributed by atoms with Gasteiger partial charge >= 0.3 is 0 Å². The number of imidazole rings is 1. The van der Waals surface area contributed by atoms with Crippen LogP contribution in [0.2, 0.25) is 0 Å². The van der Waals surface area contributed by atoms with E-state index in [4.69, 9.17) is 21.7 Å². The standard InChI is InChI=1S/C23H20N4O3S.ClH/c1-29-19-12-9-15(13-20(19)30-2)22(28)27-23(31)24-16-10-7-14(8-11-16)21-25-17-5-3-4-6-18(17)26-21;/h3-13H,1-2H3,(H,25,26)(H2,24,27,28,31);1H. The molecular formula is C23H21ClN4O3S. The zero-order chi connectivity index (χ0) is 21.8. The quantitative estimate of drug-likeness (QED) is 0.365. The minimum Gasteiger partial charge on any atom is -0.493 e. The Morgan fingerprint density at radius 1 is 0.969 bits per heavy atom. The molecule has 0 unspecified atom stereocenters. The molecule has 7 nitrogen and oxygen atoms in total. The van der Waals surface area contributed by atoms with Gasteiger partial charge < -0.3 is 19.8 Å². The predicted molar refractivity (Wildman–Crippen MR) is 132 cm³/mol. The maximum absolute atomic E-state index is 12.5. The number of nitrogens with zero attached hydrogens (tertiary/aromatic N) is 1. The van der Waals surface area contributed by atoms with Gasteiger partial charge in [-0.25, -0.2) is 4.98 Å². The van der Waals surface area contributed by atoms with Crippen LogP contribution in [-0.2, 0) is 0 Å². The number of methoxy groups -OCH3 is 2. The molecule has 0 saturated carbocycles. The number of hydrogen-bond donors (Lipinski definition) is 3. The minimum atomic E-state index is -0.350. The Bertz CT molecular complexity index is 1220. The summed E-state index contributed by atoms with van der Waals surface area (Å²) in [5.41, 5.74) is 4.00. The number of hydrogen-bond acceptors (Lipinski definition) is 5. The smallest absolute Gasteiger partial charge is 0.257 e. The molecule has 0 fully saturated rings. The van der Waals surface area contributed by atoms with Crippen molar-refractivity contribution in [2.45, 2.75) is 0 Å². The van der Waals surface area contributed by atoms with E-state index in [0.717, 1.165) is 28.1 Å². The average Bonchev–Trinajstić information content (AvgIpc) is 3.23. The van der Waals surface area contributed by atoms with Crippen LogP contribution in [0.3, 0.4) is 0 Å². The lowest BCUT2D eigenvalue weighted by molar-refractivity contribution is 0.0977. The van der Waals surface area contributed by atoms with Crippen molar-refractivity contribution >= 4 is 52.4 Å². The third kappa shape index (κ3) is 4.99. The molecule has 3 aromatic carbocycles. The van der Waals surface area contributed by atoms with Crippen LogP contribution in [0.25, 0.3) is 22.4 Å². The second-order valence-corrected chi connectivity index (χ2v) is 7.07. The highest BCUT2D eigenvalue weighted by atomic mass is 35.5. The molecule has 9 heteroatoms. The lowest BCUT2D eigenvalue weighted by atomic mass is 10.2. The number of aromatic nitrogens is 2. The molecule has 0 aliphatic rings. The van der Waals surface area contributed by atoms with Crippen molar-refractivity contribution in [1.29, 1.82) is 0 Å². The lowest BCUT2D eigenvalue weighted by Gasteiger charge is -2.12. The number of anilines is 1. The molecular weight excluding hydrogens is 448 g/mol. The van der Waals surface area contributed by atoms with Gasteiger partial charge in [0.1, 0.15) is 5.82 Å². The van der Waals surface area contributed by atoms with E-state index >= 15 is 0 Å². The number of rotatable bonds is 5. The van der Waals surface area contributed by atoms with Crippen LogP contribution in [0.4, 0.5) is 5.69 Å². The number of para-hydroxylation sites is 2. The number of benzene rings is 3. The number of aromatic amines is 1. The number of ether oxygens (including phenoxy) is 2. The van der Waals surface area contributed by atoms with E-state index in [1.165, 1.54) is 14.2 Å². The summed E-state index contributed by atoms with van der Waals surface area (Å²) in [6.45, 7) is 0. The number of halogens is 1. The Morgan fingerprint density at radius 2 is 1.69 bits per heavy atom. The number of thiocarbonyl (C=S) groups is 1. The second-order valence-electron chi connectivity index (χ2n) is 6.66. The average molecular weight is 469 g/mol. The van der Waals surface area contributed by atoms with E-state index in [1.54, 1.807) is 18.2 Å². The molecule has 0 saturated heterocycles. The highest BCUT2D eigenvalue weighted by Gasteiger charge is 2.12. The molecule has 0 atom stereocenters. The minimum absolute atomic E-state index is 0. The molecule has 0 spiro atoms. The molecule has 1 amide bonds. The van der Waals surface area contributed by atoms with Gasteiger partial charge in [0.25, 0.3) is 5.91 Å². The number of nitrogens with one attached hydrogen (secondary N) is 3. The molecule has 1 heterocycles. The molecule has 1 aromatic heterocycles. The second kappa shape index (κ2) is 10.1. The van der Waals surface area contributed by atoms with Gasteiger partial charge in [-0.05, 0) is 66.8 Å². The number of carbonyl (C=O) groups excluding carboxylic acids is 1. The van der Waals surface area contributed by atoms with Crippen LogP contribution in [0.1, 0.15) is 10.4 Å². The highest BCUT2D eigenvalue weighted by molar-refractivity contribution is 7.80. The van der Waals surface area contributed by atoms with E-state index < -0.39 is 0 Å². The number of carbonyl (C=O) groups is 1. The van der Waals surface area contributed by atoms with E-state index in [2.05, 4.69) is 20.6 Å². The Labute approximate surface area is 196 Å². The SMILES string of the molecule is COc1ccc(C(=O)NC(=S)Nc2ccc(-c3nc4ccccc4[nH]3)cc2)cc1OC.Cl. The fourth-order valence-electron chi connectivity index (χ4n) is 3.12. The third-order valence-electron chi connectivity index (χ3n) is 4.68. The first kappa shape index (κ1) is 23.1. The van der Waals surface area contributed by atoms with E-state index in [1.807, 2.05) is 48.5 Å². The first-order chi connectivity index (χ1) is 15.1. The van der Waals surface area contributed by atoms with Crippen molar-refractivity contribution in [1.82, 2.24) is 15.3 Å². The Kier molecular flexibility index (Phi) is 7.29. The topological polar surface area (TPSA) is 88.3 Å². The van der Waals surface area contributed by atoms with Gasteiger partial charge in [-0.1, -0.05) is 12.1 Å². The molecule has 4 aromatic rings. The normalized spacial score (nSPS) is 10.2. The highest BCUT2D eigenvalue weighted by Crippen LogP contribution is 2.27. The number of amides is 1. The maximum atomic E-state index is 12.5. The monoisotopic (exact) mass is 468 g/mol. The van der Waals surface area contributed by atoms with Crippen LogP contribution >= 0.6 is 24.6 Å². The Hall–Kier alpha value is -3.62. The van der Waals surface area contributed by atoms with Crippen LogP contribution in [0, 0.1) is 0 Å². The van der Waals surface area contributed by atoms with Gasteiger partial charge in [0.15, 0.2) is 16.6 Å². The summed E-state index contributed by atoms with van der Waals surface area (Å²) in [6, 6.07) is 20.4. The van der Waals surface area contributed by atoms with Crippen molar-refractivity contribution in [3.63, 3.8) is 0 Å². The van der Waals surface area contributed by atoms with Gasteiger partial charge in [-0.3, -0.25) is 10.1 Å². The molecule has 4 rings (SSSR count). The zero-order valence-electron chi connectivity index (χ0n) is 17.3. The number of H-pyrrole nitrogens is 1. The maximum Gasteiger partial charge on any atom is 0.257 e.